The number of Topliss-reactive ketones (excluding diaryl/α,β-unsaturated/α-hetero) is 1. The van der Waals surface area contributed by atoms with Crippen LogP contribution < -0.4 is 0 Å². The van der Waals surface area contributed by atoms with Gasteiger partial charge in [-0.25, -0.2) is 0 Å². The number of carbonyl (C=O) groups excluding carboxylic acids is 1. The SMILES string of the molecule is COS(=O)(=O)c1ccc(CC(=O)c2ccc(Cl)s2)cc1. The molecule has 1 heterocycles. The molecule has 0 aliphatic heterocycles. The number of thiophene rings is 1. The van der Waals surface area contributed by atoms with E-state index in [-0.39, 0.29) is 17.1 Å². The summed E-state index contributed by atoms with van der Waals surface area (Å²) in [5.41, 5.74) is 0.731. The van der Waals surface area contributed by atoms with Gasteiger partial charge in [0.25, 0.3) is 10.1 Å². The van der Waals surface area contributed by atoms with Crippen molar-refractivity contribution in [1.82, 2.24) is 0 Å². The molecular weight excluding hydrogens is 320 g/mol. The molecule has 7 heteroatoms. The molecule has 0 aliphatic rings. The van der Waals surface area contributed by atoms with Crippen LogP contribution in [-0.4, -0.2) is 21.3 Å². The van der Waals surface area contributed by atoms with E-state index in [9.17, 15) is 13.2 Å². The third-order valence-corrected chi connectivity index (χ3v) is 5.20. The fraction of sp³-hybridized carbons (Fsp3) is 0.154. The standard InChI is InChI=1S/C13H11ClO4S2/c1-18-20(16,17)10-4-2-9(3-5-10)8-11(15)12-6-7-13(14)19-12/h2-7H,8H2,1H3. The largest absolute Gasteiger partial charge is 0.296 e. The average molecular weight is 331 g/mol. The molecule has 0 N–H and O–H groups in total. The Labute approximate surface area is 126 Å². The normalized spacial score (nSPS) is 11.5. The molecule has 2 rings (SSSR count). The number of halogens is 1. The Morgan fingerprint density at radius 1 is 1.20 bits per heavy atom. The van der Waals surface area contributed by atoms with Gasteiger partial charge in [-0.3, -0.25) is 8.98 Å². The number of hydrogen-bond acceptors (Lipinski definition) is 5. The zero-order chi connectivity index (χ0) is 14.8. The molecule has 106 valence electrons. The summed E-state index contributed by atoms with van der Waals surface area (Å²) in [6, 6.07) is 9.39. The second kappa shape index (κ2) is 6.05. The topological polar surface area (TPSA) is 60.4 Å². The number of ketones is 1. The Balaban J connectivity index is 2.14. The minimum atomic E-state index is -3.69. The molecule has 0 spiro atoms. The zero-order valence-corrected chi connectivity index (χ0v) is 12.9. The van der Waals surface area contributed by atoms with Crippen molar-refractivity contribution in [3.8, 4) is 0 Å². The smallest absolute Gasteiger partial charge is 0.293 e. The minimum absolute atomic E-state index is 0.0516. The quantitative estimate of drug-likeness (QED) is 0.624. The summed E-state index contributed by atoms with van der Waals surface area (Å²) in [6.07, 6.45) is 0.199. The Bertz CT molecular complexity index is 717. The van der Waals surface area contributed by atoms with E-state index in [1.807, 2.05) is 0 Å². The van der Waals surface area contributed by atoms with E-state index in [0.29, 0.717) is 9.21 Å². The van der Waals surface area contributed by atoms with E-state index in [1.54, 1.807) is 24.3 Å². The van der Waals surface area contributed by atoms with Crippen molar-refractivity contribution >= 4 is 38.8 Å². The molecule has 0 unspecified atom stereocenters. The monoisotopic (exact) mass is 330 g/mol. The molecule has 4 nitrogen and oxygen atoms in total. The average Bonchev–Trinajstić information content (AvgIpc) is 2.86. The van der Waals surface area contributed by atoms with E-state index in [4.69, 9.17) is 11.6 Å². The summed E-state index contributed by atoms with van der Waals surface area (Å²) in [6.45, 7) is 0. The Hall–Kier alpha value is -1.21. The van der Waals surface area contributed by atoms with Crippen molar-refractivity contribution in [2.45, 2.75) is 11.3 Å². The molecule has 0 radical (unpaired) electrons. The van der Waals surface area contributed by atoms with Crippen LogP contribution in [0.1, 0.15) is 15.2 Å². The molecule has 0 saturated carbocycles. The number of benzene rings is 1. The Morgan fingerprint density at radius 2 is 1.85 bits per heavy atom. The van der Waals surface area contributed by atoms with E-state index < -0.39 is 10.1 Å². The molecule has 0 saturated heterocycles. The molecule has 1 aromatic carbocycles. The lowest BCUT2D eigenvalue weighted by atomic mass is 10.1. The van der Waals surface area contributed by atoms with Crippen LogP contribution in [0.5, 0.6) is 0 Å². The van der Waals surface area contributed by atoms with Gasteiger partial charge in [-0.2, -0.15) is 8.42 Å². The first kappa shape index (κ1) is 15.2. The molecule has 1 aromatic heterocycles. The van der Waals surface area contributed by atoms with Gasteiger partial charge in [0.15, 0.2) is 5.78 Å². The maximum absolute atomic E-state index is 12.0. The summed E-state index contributed by atoms with van der Waals surface area (Å²) >= 11 is 7.01. The van der Waals surface area contributed by atoms with Crippen LogP contribution in [0.25, 0.3) is 0 Å². The van der Waals surface area contributed by atoms with Crippen LogP contribution in [0.15, 0.2) is 41.3 Å². The Kier molecular flexibility index (Phi) is 4.59. The van der Waals surface area contributed by atoms with Crippen molar-refractivity contribution in [3.05, 3.63) is 51.2 Å². The first-order chi connectivity index (χ1) is 9.42. The summed E-state index contributed by atoms with van der Waals surface area (Å²) < 4.78 is 27.9. The van der Waals surface area contributed by atoms with Crippen molar-refractivity contribution in [3.63, 3.8) is 0 Å². The lowest BCUT2D eigenvalue weighted by Crippen LogP contribution is -2.04. The fourth-order valence-electron chi connectivity index (χ4n) is 1.61. The van der Waals surface area contributed by atoms with Crippen LogP contribution in [0.3, 0.4) is 0 Å². The number of hydrogen-bond donors (Lipinski definition) is 0. The maximum atomic E-state index is 12.0. The second-order valence-electron chi connectivity index (χ2n) is 3.97. The zero-order valence-electron chi connectivity index (χ0n) is 10.5. The van der Waals surface area contributed by atoms with E-state index in [0.717, 1.165) is 12.7 Å². The third kappa shape index (κ3) is 3.46. The number of rotatable bonds is 5. The molecule has 0 aliphatic carbocycles. The molecule has 0 fully saturated rings. The molecule has 0 amide bonds. The van der Waals surface area contributed by atoms with Gasteiger partial charge in [0.05, 0.1) is 21.2 Å². The van der Waals surface area contributed by atoms with Crippen molar-refractivity contribution in [2.24, 2.45) is 0 Å². The van der Waals surface area contributed by atoms with Crippen LogP contribution in [0.4, 0.5) is 0 Å². The van der Waals surface area contributed by atoms with Crippen LogP contribution in [0, 0.1) is 0 Å². The van der Waals surface area contributed by atoms with Crippen LogP contribution in [-0.2, 0) is 20.7 Å². The van der Waals surface area contributed by atoms with Crippen LogP contribution in [0.2, 0.25) is 4.34 Å². The summed E-state index contributed by atoms with van der Waals surface area (Å²) in [7, 11) is -2.59. The fourth-order valence-corrected chi connectivity index (χ4v) is 3.25. The maximum Gasteiger partial charge on any atom is 0.296 e. The first-order valence-corrected chi connectivity index (χ1v) is 8.21. The summed E-state index contributed by atoms with van der Waals surface area (Å²) in [5, 5.41) is 0. The van der Waals surface area contributed by atoms with Crippen molar-refractivity contribution < 1.29 is 17.4 Å². The highest BCUT2D eigenvalue weighted by Crippen LogP contribution is 2.23. The van der Waals surface area contributed by atoms with Gasteiger partial charge in [-0.15, -0.1) is 11.3 Å². The number of carbonyl (C=O) groups is 1. The highest BCUT2D eigenvalue weighted by molar-refractivity contribution is 7.86. The minimum Gasteiger partial charge on any atom is -0.293 e. The van der Waals surface area contributed by atoms with E-state index in [2.05, 4.69) is 4.18 Å². The van der Waals surface area contributed by atoms with Gasteiger partial charge in [0, 0.05) is 6.42 Å². The predicted octanol–water partition coefficient (Wildman–Crippen LogP) is 3.16. The summed E-state index contributed by atoms with van der Waals surface area (Å²) in [4.78, 5) is 12.6. The lowest BCUT2D eigenvalue weighted by Gasteiger charge is -2.03. The third-order valence-electron chi connectivity index (χ3n) is 2.64. The highest BCUT2D eigenvalue weighted by Gasteiger charge is 2.14. The molecule has 0 bridgehead atoms. The van der Waals surface area contributed by atoms with Gasteiger partial charge in [-0.1, -0.05) is 23.7 Å². The molecule has 20 heavy (non-hydrogen) atoms. The summed E-state index contributed by atoms with van der Waals surface area (Å²) in [5.74, 6) is -0.0516. The lowest BCUT2D eigenvalue weighted by molar-refractivity contribution is 0.0997. The van der Waals surface area contributed by atoms with Gasteiger partial charge >= 0.3 is 0 Å². The van der Waals surface area contributed by atoms with E-state index in [1.165, 1.54) is 23.5 Å². The second-order valence-corrected chi connectivity index (χ2v) is 7.40. The van der Waals surface area contributed by atoms with Gasteiger partial charge in [0.2, 0.25) is 0 Å². The highest BCUT2D eigenvalue weighted by atomic mass is 35.5. The molecule has 0 atom stereocenters. The van der Waals surface area contributed by atoms with Crippen LogP contribution >= 0.6 is 22.9 Å². The van der Waals surface area contributed by atoms with Gasteiger partial charge in [0.1, 0.15) is 0 Å². The van der Waals surface area contributed by atoms with Gasteiger partial charge in [-0.05, 0) is 29.8 Å². The predicted molar refractivity (Wildman–Crippen MR) is 78.0 cm³/mol. The molecule has 2 aromatic rings. The first-order valence-electron chi connectivity index (χ1n) is 5.60. The van der Waals surface area contributed by atoms with Crippen molar-refractivity contribution in [1.29, 1.82) is 0 Å². The Morgan fingerprint density at radius 3 is 2.35 bits per heavy atom. The molecular formula is C13H11ClO4S2. The van der Waals surface area contributed by atoms with Gasteiger partial charge < -0.3 is 0 Å². The van der Waals surface area contributed by atoms with E-state index >= 15 is 0 Å². The van der Waals surface area contributed by atoms with Crippen molar-refractivity contribution in [2.75, 3.05) is 7.11 Å².